The minimum atomic E-state index is 0.00465. The van der Waals surface area contributed by atoms with E-state index in [0.29, 0.717) is 12.6 Å². The topological polar surface area (TPSA) is 59.0 Å². The summed E-state index contributed by atoms with van der Waals surface area (Å²) in [5.41, 5.74) is 2.54. The predicted octanol–water partition coefficient (Wildman–Crippen LogP) is 2.95. The number of hydrogen-bond donors (Lipinski definition) is 2. The van der Waals surface area contributed by atoms with Gasteiger partial charge in [-0.05, 0) is 33.1 Å². The number of carbonyl (C=O) groups is 1. The molecule has 1 aromatic rings. The summed E-state index contributed by atoms with van der Waals surface area (Å²) in [6, 6.07) is 0.630. The average Bonchev–Trinajstić information content (AvgIpc) is 2.72. The van der Waals surface area contributed by atoms with Gasteiger partial charge in [-0.2, -0.15) is 5.10 Å². The molecule has 130 valence electrons. The number of carbonyl (C=O) groups excluding carboxylic acids is 1. The summed E-state index contributed by atoms with van der Waals surface area (Å²) < 4.78 is 1.94. The molecule has 0 radical (unpaired) electrons. The Labute approximate surface area is 140 Å². The van der Waals surface area contributed by atoms with E-state index in [9.17, 15) is 4.79 Å². The van der Waals surface area contributed by atoms with Crippen LogP contribution in [0.4, 0.5) is 0 Å². The second kappa shape index (κ2) is 9.06. The number of aromatic nitrogens is 2. The van der Waals surface area contributed by atoms with E-state index >= 15 is 0 Å². The second-order valence-corrected chi connectivity index (χ2v) is 6.67. The summed E-state index contributed by atoms with van der Waals surface area (Å²) in [5, 5.41) is 11.1. The van der Waals surface area contributed by atoms with E-state index in [0.717, 1.165) is 36.5 Å². The number of rotatable bonds is 7. The first-order valence-corrected chi connectivity index (χ1v) is 9.19. The van der Waals surface area contributed by atoms with Crippen molar-refractivity contribution in [1.82, 2.24) is 20.4 Å². The molecule has 0 bridgehead atoms. The number of hydrogen-bond acceptors (Lipinski definition) is 3. The van der Waals surface area contributed by atoms with E-state index in [-0.39, 0.29) is 5.91 Å². The van der Waals surface area contributed by atoms with Crippen molar-refractivity contribution in [2.75, 3.05) is 13.1 Å². The third kappa shape index (κ3) is 5.06. The number of aryl methyl sites for hydroxylation is 2. The third-order valence-corrected chi connectivity index (χ3v) is 4.74. The standard InChI is InChI=1S/C18H32N4O/c1-4-13-22-15(3)17(14(2)21-22)18(23)20-12-11-19-16-9-7-5-6-8-10-16/h16,19H,4-13H2,1-3H3,(H,20,23). The highest BCUT2D eigenvalue weighted by Gasteiger charge is 2.18. The summed E-state index contributed by atoms with van der Waals surface area (Å²) in [5.74, 6) is 0.00465. The fourth-order valence-electron chi connectivity index (χ4n) is 3.48. The number of amides is 1. The lowest BCUT2D eigenvalue weighted by molar-refractivity contribution is 0.0952. The molecule has 1 heterocycles. The molecule has 1 aromatic heterocycles. The van der Waals surface area contributed by atoms with Crippen molar-refractivity contribution in [3.8, 4) is 0 Å². The quantitative estimate of drug-likeness (QED) is 0.600. The summed E-state index contributed by atoms with van der Waals surface area (Å²) in [7, 11) is 0. The molecule has 1 saturated carbocycles. The lowest BCUT2D eigenvalue weighted by Gasteiger charge is -2.16. The smallest absolute Gasteiger partial charge is 0.255 e. The Morgan fingerprint density at radius 1 is 1.17 bits per heavy atom. The zero-order chi connectivity index (χ0) is 16.7. The molecule has 1 aliphatic carbocycles. The van der Waals surface area contributed by atoms with Gasteiger partial charge in [0.15, 0.2) is 0 Å². The van der Waals surface area contributed by atoms with Crippen LogP contribution in [0, 0.1) is 13.8 Å². The molecule has 1 aliphatic rings. The van der Waals surface area contributed by atoms with Crippen LogP contribution in [0.25, 0.3) is 0 Å². The Morgan fingerprint density at radius 2 is 1.87 bits per heavy atom. The van der Waals surface area contributed by atoms with E-state index < -0.39 is 0 Å². The van der Waals surface area contributed by atoms with Gasteiger partial charge in [0.05, 0.1) is 11.3 Å². The minimum Gasteiger partial charge on any atom is -0.351 e. The average molecular weight is 320 g/mol. The highest BCUT2D eigenvalue weighted by atomic mass is 16.1. The SMILES string of the molecule is CCCn1nc(C)c(C(=O)NCCNC2CCCCCC2)c1C. The highest BCUT2D eigenvalue weighted by Crippen LogP contribution is 2.17. The molecular weight excluding hydrogens is 288 g/mol. The van der Waals surface area contributed by atoms with Crippen LogP contribution in [0.2, 0.25) is 0 Å². The van der Waals surface area contributed by atoms with E-state index in [1.165, 1.54) is 38.5 Å². The van der Waals surface area contributed by atoms with Gasteiger partial charge in [0.25, 0.3) is 5.91 Å². The van der Waals surface area contributed by atoms with Crippen LogP contribution in [0.5, 0.6) is 0 Å². The van der Waals surface area contributed by atoms with Gasteiger partial charge < -0.3 is 10.6 Å². The van der Waals surface area contributed by atoms with Crippen LogP contribution in [-0.2, 0) is 6.54 Å². The lowest BCUT2D eigenvalue weighted by atomic mass is 10.1. The maximum atomic E-state index is 12.4. The fraction of sp³-hybridized carbons (Fsp3) is 0.778. The molecular formula is C18H32N4O. The third-order valence-electron chi connectivity index (χ3n) is 4.74. The van der Waals surface area contributed by atoms with Crippen molar-refractivity contribution in [3.05, 3.63) is 17.0 Å². The first kappa shape index (κ1) is 18.0. The van der Waals surface area contributed by atoms with Crippen molar-refractivity contribution in [1.29, 1.82) is 0 Å². The molecule has 1 amide bonds. The van der Waals surface area contributed by atoms with Crippen LogP contribution in [0.3, 0.4) is 0 Å². The molecule has 1 fully saturated rings. The molecule has 0 spiro atoms. The Morgan fingerprint density at radius 3 is 2.52 bits per heavy atom. The maximum absolute atomic E-state index is 12.4. The molecule has 2 rings (SSSR count). The second-order valence-electron chi connectivity index (χ2n) is 6.67. The molecule has 5 nitrogen and oxygen atoms in total. The van der Waals surface area contributed by atoms with Gasteiger partial charge in [-0.25, -0.2) is 0 Å². The fourth-order valence-corrected chi connectivity index (χ4v) is 3.48. The molecule has 0 atom stereocenters. The molecule has 0 saturated heterocycles. The van der Waals surface area contributed by atoms with Gasteiger partial charge in [0, 0.05) is 31.4 Å². The van der Waals surface area contributed by atoms with E-state index in [1.54, 1.807) is 0 Å². The molecule has 0 aromatic carbocycles. The van der Waals surface area contributed by atoms with Crippen molar-refractivity contribution in [2.45, 2.75) is 78.3 Å². The Kier molecular flexibility index (Phi) is 7.09. The summed E-state index contributed by atoms with van der Waals surface area (Å²) in [4.78, 5) is 12.4. The van der Waals surface area contributed by atoms with Gasteiger partial charge >= 0.3 is 0 Å². The first-order chi connectivity index (χ1) is 11.1. The highest BCUT2D eigenvalue weighted by molar-refractivity contribution is 5.96. The van der Waals surface area contributed by atoms with Gasteiger partial charge in [-0.15, -0.1) is 0 Å². The normalized spacial score (nSPS) is 16.3. The zero-order valence-electron chi connectivity index (χ0n) is 15.0. The summed E-state index contributed by atoms with van der Waals surface area (Å²) >= 11 is 0. The monoisotopic (exact) mass is 320 g/mol. The largest absolute Gasteiger partial charge is 0.351 e. The van der Waals surface area contributed by atoms with Crippen LogP contribution < -0.4 is 10.6 Å². The van der Waals surface area contributed by atoms with Gasteiger partial charge in [-0.1, -0.05) is 32.6 Å². The molecule has 23 heavy (non-hydrogen) atoms. The molecule has 2 N–H and O–H groups in total. The lowest BCUT2D eigenvalue weighted by Crippen LogP contribution is -2.37. The van der Waals surface area contributed by atoms with Crippen LogP contribution in [-0.4, -0.2) is 34.8 Å². The minimum absolute atomic E-state index is 0.00465. The Balaban J connectivity index is 1.78. The van der Waals surface area contributed by atoms with Crippen molar-refractivity contribution in [2.24, 2.45) is 0 Å². The van der Waals surface area contributed by atoms with Crippen LogP contribution in [0.15, 0.2) is 0 Å². The summed E-state index contributed by atoms with van der Waals surface area (Å²) in [6.45, 7) is 8.40. The first-order valence-electron chi connectivity index (χ1n) is 9.19. The van der Waals surface area contributed by atoms with E-state index in [2.05, 4.69) is 22.7 Å². The van der Waals surface area contributed by atoms with Crippen molar-refractivity contribution < 1.29 is 4.79 Å². The Bertz CT molecular complexity index is 501. The van der Waals surface area contributed by atoms with Gasteiger partial charge in [0.2, 0.25) is 0 Å². The van der Waals surface area contributed by atoms with Crippen LogP contribution in [0.1, 0.15) is 73.6 Å². The summed E-state index contributed by atoms with van der Waals surface area (Å²) in [6.07, 6.45) is 8.97. The van der Waals surface area contributed by atoms with E-state index in [4.69, 9.17) is 0 Å². The zero-order valence-corrected chi connectivity index (χ0v) is 15.0. The van der Waals surface area contributed by atoms with Crippen LogP contribution >= 0.6 is 0 Å². The maximum Gasteiger partial charge on any atom is 0.255 e. The van der Waals surface area contributed by atoms with Crippen molar-refractivity contribution in [3.63, 3.8) is 0 Å². The number of nitrogens with one attached hydrogen (secondary N) is 2. The van der Waals surface area contributed by atoms with E-state index in [1.807, 2.05) is 18.5 Å². The van der Waals surface area contributed by atoms with Gasteiger partial charge in [-0.3, -0.25) is 9.48 Å². The Hall–Kier alpha value is -1.36. The van der Waals surface area contributed by atoms with Gasteiger partial charge in [0.1, 0.15) is 0 Å². The predicted molar refractivity (Wildman–Crippen MR) is 93.8 cm³/mol. The molecule has 5 heteroatoms. The number of nitrogens with zero attached hydrogens (tertiary/aromatic N) is 2. The van der Waals surface area contributed by atoms with Crippen molar-refractivity contribution >= 4 is 5.91 Å². The molecule has 0 unspecified atom stereocenters. The molecule has 0 aliphatic heterocycles.